The van der Waals surface area contributed by atoms with Gasteiger partial charge in [-0.05, 0) is 19.4 Å². The third-order valence-corrected chi connectivity index (χ3v) is 3.43. The van der Waals surface area contributed by atoms with E-state index in [4.69, 9.17) is 0 Å². The fourth-order valence-electron chi connectivity index (χ4n) is 2.18. The number of aryl methyl sites for hydroxylation is 2. The Hall–Kier alpha value is -2.71. The molecular weight excluding hydrogens is 320 g/mol. The molecule has 1 unspecified atom stereocenters. The van der Waals surface area contributed by atoms with Crippen LogP contribution in [0.15, 0.2) is 24.3 Å². The SMILES string of the molecule is CCC(NC(=O)Nc1nc(C)n(C)n1)c1ccccc1OC(F)F. The molecule has 7 nitrogen and oxygen atoms in total. The highest BCUT2D eigenvalue weighted by Gasteiger charge is 2.19. The van der Waals surface area contributed by atoms with Crippen molar-refractivity contribution in [2.75, 3.05) is 5.32 Å². The van der Waals surface area contributed by atoms with Crippen molar-refractivity contribution < 1.29 is 18.3 Å². The Morgan fingerprint density at radius 2 is 2.08 bits per heavy atom. The summed E-state index contributed by atoms with van der Waals surface area (Å²) in [7, 11) is 1.71. The molecule has 0 aliphatic carbocycles. The van der Waals surface area contributed by atoms with Gasteiger partial charge in [-0.1, -0.05) is 25.1 Å². The van der Waals surface area contributed by atoms with Gasteiger partial charge in [0.15, 0.2) is 0 Å². The molecule has 0 bridgehead atoms. The number of carbonyl (C=O) groups is 1. The topological polar surface area (TPSA) is 81.1 Å². The lowest BCUT2D eigenvalue weighted by atomic mass is 10.0. The molecule has 1 atom stereocenters. The van der Waals surface area contributed by atoms with E-state index in [2.05, 4.69) is 25.5 Å². The maximum Gasteiger partial charge on any atom is 0.387 e. The highest BCUT2D eigenvalue weighted by Crippen LogP contribution is 2.28. The Labute approximate surface area is 138 Å². The van der Waals surface area contributed by atoms with Gasteiger partial charge in [0, 0.05) is 12.6 Å². The molecule has 0 fully saturated rings. The van der Waals surface area contributed by atoms with Crippen LogP contribution in [0.3, 0.4) is 0 Å². The van der Waals surface area contributed by atoms with E-state index in [1.807, 2.05) is 6.92 Å². The Bertz CT molecular complexity index is 685. The van der Waals surface area contributed by atoms with Crippen molar-refractivity contribution in [3.63, 3.8) is 0 Å². The molecule has 2 rings (SSSR count). The Kier molecular flexibility index (Phi) is 5.67. The van der Waals surface area contributed by atoms with Gasteiger partial charge in [-0.25, -0.2) is 4.79 Å². The second-order valence-corrected chi connectivity index (χ2v) is 5.08. The third-order valence-electron chi connectivity index (χ3n) is 3.43. The van der Waals surface area contributed by atoms with E-state index in [1.165, 1.54) is 10.7 Å². The van der Waals surface area contributed by atoms with E-state index >= 15 is 0 Å². The first-order chi connectivity index (χ1) is 11.4. The molecule has 0 aliphatic rings. The minimum absolute atomic E-state index is 0.0338. The number of nitrogens with one attached hydrogen (secondary N) is 2. The van der Waals surface area contributed by atoms with Crippen molar-refractivity contribution in [2.45, 2.75) is 32.9 Å². The number of alkyl halides is 2. The van der Waals surface area contributed by atoms with Gasteiger partial charge in [-0.2, -0.15) is 13.8 Å². The van der Waals surface area contributed by atoms with Crippen LogP contribution in [0.2, 0.25) is 0 Å². The minimum atomic E-state index is -2.93. The average Bonchev–Trinajstić information content (AvgIpc) is 2.83. The van der Waals surface area contributed by atoms with E-state index in [1.54, 1.807) is 32.2 Å². The standard InChI is InChI=1S/C15H19F2N5O2/c1-4-11(10-7-5-6-8-12(10)24-13(16)17)19-15(23)20-14-18-9(2)22(3)21-14/h5-8,11,13H,4H2,1-3H3,(H2,19,20,21,23). The number of amides is 2. The van der Waals surface area contributed by atoms with Crippen LogP contribution in [0.1, 0.15) is 30.8 Å². The van der Waals surface area contributed by atoms with Crippen LogP contribution in [-0.2, 0) is 7.05 Å². The van der Waals surface area contributed by atoms with Crippen LogP contribution in [-0.4, -0.2) is 27.4 Å². The molecule has 0 spiro atoms. The summed E-state index contributed by atoms with van der Waals surface area (Å²) in [6.07, 6.45) is 0.492. The number of hydrogen-bond donors (Lipinski definition) is 2. The number of nitrogens with zero attached hydrogens (tertiary/aromatic N) is 3. The first-order valence-corrected chi connectivity index (χ1v) is 7.39. The van der Waals surface area contributed by atoms with Gasteiger partial charge in [0.25, 0.3) is 0 Å². The second-order valence-electron chi connectivity index (χ2n) is 5.08. The Morgan fingerprint density at radius 3 is 2.67 bits per heavy atom. The van der Waals surface area contributed by atoms with Crippen molar-refractivity contribution in [2.24, 2.45) is 7.05 Å². The number of para-hydroxylation sites is 1. The Balaban J connectivity index is 2.10. The fraction of sp³-hybridized carbons (Fsp3) is 0.400. The monoisotopic (exact) mass is 339 g/mol. The highest BCUT2D eigenvalue weighted by molar-refractivity contribution is 5.87. The van der Waals surface area contributed by atoms with Crippen molar-refractivity contribution in [3.05, 3.63) is 35.7 Å². The number of carbonyl (C=O) groups excluding carboxylic acids is 1. The number of anilines is 1. The first-order valence-electron chi connectivity index (χ1n) is 7.39. The molecule has 0 saturated carbocycles. The number of urea groups is 1. The molecule has 2 aromatic rings. The predicted octanol–water partition coefficient (Wildman–Crippen LogP) is 3.00. The van der Waals surface area contributed by atoms with Gasteiger partial charge >= 0.3 is 12.6 Å². The molecule has 1 aromatic carbocycles. The quantitative estimate of drug-likeness (QED) is 0.848. The summed E-state index contributed by atoms with van der Waals surface area (Å²) >= 11 is 0. The summed E-state index contributed by atoms with van der Waals surface area (Å²) in [5, 5.41) is 9.25. The normalized spacial score (nSPS) is 12.1. The van der Waals surface area contributed by atoms with Gasteiger partial charge in [0.2, 0.25) is 5.95 Å². The van der Waals surface area contributed by atoms with Gasteiger partial charge < -0.3 is 10.1 Å². The zero-order valence-electron chi connectivity index (χ0n) is 13.6. The van der Waals surface area contributed by atoms with Gasteiger partial charge in [-0.15, -0.1) is 5.10 Å². The van der Waals surface area contributed by atoms with Crippen LogP contribution in [0.5, 0.6) is 5.75 Å². The van der Waals surface area contributed by atoms with E-state index in [0.29, 0.717) is 17.8 Å². The number of ether oxygens (including phenoxy) is 1. The lowest BCUT2D eigenvalue weighted by molar-refractivity contribution is -0.0506. The molecular formula is C15H19F2N5O2. The molecule has 0 saturated heterocycles. The highest BCUT2D eigenvalue weighted by atomic mass is 19.3. The molecule has 1 aromatic heterocycles. The number of hydrogen-bond acceptors (Lipinski definition) is 4. The largest absolute Gasteiger partial charge is 0.434 e. The number of halogens is 2. The first kappa shape index (κ1) is 17.6. The third kappa shape index (κ3) is 4.40. The molecule has 2 amide bonds. The van der Waals surface area contributed by atoms with Gasteiger partial charge in [0.1, 0.15) is 11.6 Å². The molecule has 0 radical (unpaired) electrons. The summed E-state index contributed by atoms with van der Waals surface area (Å²) in [4.78, 5) is 16.2. The van der Waals surface area contributed by atoms with E-state index in [0.717, 1.165) is 0 Å². The van der Waals surface area contributed by atoms with Crippen LogP contribution < -0.4 is 15.4 Å². The maximum absolute atomic E-state index is 12.5. The average molecular weight is 339 g/mol. The fourth-order valence-corrected chi connectivity index (χ4v) is 2.18. The zero-order chi connectivity index (χ0) is 17.7. The summed E-state index contributed by atoms with van der Waals surface area (Å²) in [5.74, 6) is 0.846. The summed E-state index contributed by atoms with van der Waals surface area (Å²) in [6.45, 7) is 0.647. The van der Waals surface area contributed by atoms with Gasteiger partial charge in [-0.3, -0.25) is 10.00 Å². The summed E-state index contributed by atoms with van der Waals surface area (Å²) in [5.41, 5.74) is 0.473. The summed E-state index contributed by atoms with van der Waals surface area (Å²) < 4.78 is 31.1. The molecule has 1 heterocycles. The zero-order valence-corrected chi connectivity index (χ0v) is 13.6. The van der Waals surface area contributed by atoms with E-state index < -0.39 is 18.7 Å². The van der Waals surface area contributed by atoms with Crippen LogP contribution in [0.25, 0.3) is 0 Å². The molecule has 0 aliphatic heterocycles. The lowest BCUT2D eigenvalue weighted by Crippen LogP contribution is -2.33. The molecule has 9 heteroatoms. The van der Waals surface area contributed by atoms with Crippen molar-refractivity contribution >= 4 is 12.0 Å². The van der Waals surface area contributed by atoms with E-state index in [-0.39, 0.29) is 11.7 Å². The minimum Gasteiger partial charge on any atom is -0.434 e. The molecule has 2 N–H and O–H groups in total. The molecule has 24 heavy (non-hydrogen) atoms. The Morgan fingerprint density at radius 1 is 1.38 bits per heavy atom. The number of benzene rings is 1. The van der Waals surface area contributed by atoms with Gasteiger partial charge in [0.05, 0.1) is 6.04 Å². The maximum atomic E-state index is 12.5. The predicted molar refractivity (Wildman–Crippen MR) is 84.0 cm³/mol. The van der Waals surface area contributed by atoms with Crippen LogP contribution in [0.4, 0.5) is 19.5 Å². The number of aromatic nitrogens is 3. The van der Waals surface area contributed by atoms with Crippen molar-refractivity contribution in [1.82, 2.24) is 20.1 Å². The smallest absolute Gasteiger partial charge is 0.387 e. The van der Waals surface area contributed by atoms with Crippen LogP contribution in [0, 0.1) is 6.92 Å². The lowest BCUT2D eigenvalue weighted by Gasteiger charge is -2.20. The van der Waals surface area contributed by atoms with Crippen molar-refractivity contribution in [3.8, 4) is 5.75 Å². The van der Waals surface area contributed by atoms with Crippen molar-refractivity contribution in [1.29, 1.82) is 0 Å². The van der Waals surface area contributed by atoms with E-state index in [9.17, 15) is 13.6 Å². The second kappa shape index (κ2) is 7.71. The summed E-state index contributed by atoms with van der Waals surface area (Å²) in [6, 6.07) is 5.33. The molecule has 130 valence electrons. The van der Waals surface area contributed by atoms with Crippen LogP contribution >= 0.6 is 0 Å². The number of rotatable bonds is 6.